The first kappa shape index (κ1) is 15.9. The van der Waals surface area contributed by atoms with Gasteiger partial charge in [-0.2, -0.15) is 0 Å². The van der Waals surface area contributed by atoms with Gasteiger partial charge < -0.3 is 10.6 Å². The molecule has 0 bridgehead atoms. The quantitative estimate of drug-likeness (QED) is 0.691. The van der Waals surface area contributed by atoms with Gasteiger partial charge in [0, 0.05) is 6.04 Å². The van der Waals surface area contributed by atoms with Crippen molar-refractivity contribution in [2.24, 2.45) is 11.1 Å². The Morgan fingerprint density at radius 2 is 1.75 bits per heavy atom. The Labute approximate surface area is 103 Å². The Balaban J connectivity index is 3.74. The molecule has 0 spiro atoms. The fraction of sp³-hybridized carbons (Fsp3) is 1.00. The van der Waals surface area contributed by atoms with Crippen LogP contribution in [-0.4, -0.2) is 30.6 Å². The fourth-order valence-corrected chi connectivity index (χ4v) is 2.05. The van der Waals surface area contributed by atoms with Crippen LogP contribution >= 0.6 is 0 Å². The van der Waals surface area contributed by atoms with Gasteiger partial charge in [0.15, 0.2) is 0 Å². The van der Waals surface area contributed by atoms with E-state index in [1.807, 2.05) is 0 Å². The SMILES string of the molecule is CCCCN(CC)CCC(N)CC(C)(C)C. The summed E-state index contributed by atoms with van der Waals surface area (Å²) in [4.78, 5) is 2.52. The molecule has 0 saturated carbocycles. The summed E-state index contributed by atoms with van der Waals surface area (Å²) in [7, 11) is 0. The van der Waals surface area contributed by atoms with Crippen molar-refractivity contribution < 1.29 is 0 Å². The van der Waals surface area contributed by atoms with E-state index in [2.05, 4.69) is 39.5 Å². The van der Waals surface area contributed by atoms with E-state index in [0.29, 0.717) is 11.5 Å². The zero-order valence-corrected chi connectivity index (χ0v) is 12.1. The summed E-state index contributed by atoms with van der Waals surface area (Å²) in [5.41, 5.74) is 6.53. The summed E-state index contributed by atoms with van der Waals surface area (Å²) in [6.07, 6.45) is 4.85. The molecule has 0 radical (unpaired) electrons. The van der Waals surface area contributed by atoms with Gasteiger partial charge in [0.25, 0.3) is 0 Å². The molecule has 0 fully saturated rings. The Morgan fingerprint density at radius 1 is 1.12 bits per heavy atom. The third-order valence-corrected chi connectivity index (χ3v) is 2.97. The molecular formula is C14H32N2. The molecule has 16 heavy (non-hydrogen) atoms. The lowest BCUT2D eigenvalue weighted by atomic mass is 9.87. The Bertz CT molecular complexity index is 161. The van der Waals surface area contributed by atoms with Gasteiger partial charge in [-0.05, 0) is 44.3 Å². The zero-order chi connectivity index (χ0) is 12.6. The highest BCUT2D eigenvalue weighted by Gasteiger charge is 2.16. The summed E-state index contributed by atoms with van der Waals surface area (Å²) < 4.78 is 0. The second-order valence-corrected chi connectivity index (χ2v) is 6.10. The second kappa shape index (κ2) is 8.08. The Hall–Kier alpha value is -0.0800. The van der Waals surface area contributed by atoms with Gasteiger partial charge in [-0.3, -0.25) is 0 Å². The van der Waals surface area contributed by atoms with Crippen molar-refractivity contribution in [2.45, 2.75) is 66.3 Å². The molecule has 0 heterocycles. The van der Waals surface area contributed by atoms with E-state index in [4.69, 9.17) is 5.73 Å². The molecule has 0 aliphatic rings. The van der Waals surface area contributed by atoms with Crippen LogP contribution in [0, 0.1) is 5.41 Å². The average molecular weight is 228 g/mol. The molecule has 2 nitrogen and oxygen atoms in total. The van der Waals surface area contributed by atoms with Crippen molar-refractivity contribution in [1.82, 2.24) is 4.90 Å². The molecule has 2 heteroatoms. The van der Waals surface area contributed by atoms with E-state index in [-0.39, 0.29) is 0 Å². The largest absolute Gasteiger partial charge is 0.328 e. The minimum Gasteiger partial charge on any atom is -0.328 e. The summed E-state index contributed by atoms with van der Waals surface area (Å²) in [5, 5.41) is 0. The molecule has 0 aromatic carbocycles. The summed E-state index contributed by atoms with van der Waals surface area (Å²) in [6, 6.07) is 0.357. The number of hydrogen-bond acceptors (Lipinski definition) is 2. The van der Waals surface area contributed by atoms with Crippen LogP contribution in [0.5, 0.6) is 0 Å². The molecular weight excluding hydrogens is 196 g/mol. The lowest BCUT2D eigenvalue weighted by Crippen LogP contribution is -2.33. The van der Waals surface area contributed by atoms with Crippen LogP contribution < -0.4 is 5.73 Å². The first-order chi connectivity index (χ1) is 7.39. The van der Waals surface area contributed by atoms with Crippen LogP contribution in [0.25, 0.3) is 0 Å². The van der Waals surface area contributed by atoms with Crippen LogP contribution in [0.1, 0.15) is 60.3 Å². The second-order valence-electron chi connectivity index (χ2n) is 6.10. The van der Waals surface area contributed by atoms with Crippen molar-refractivity contribution in [3.05, 3.63) is 0 Å². The maximum atomic E-state index is 6.16. The molecule has 1 unspecified atom stereocenters. The number of hydrogen-bond donors (Lipinski definition) is 1. The molecule has 0 aromatic heterocycles. The smallest absolute Gasteiger partial charge is 0.00559 e. The van der Waals surface area contributed by atoms with Crippen molar-refractivity contribution >= 4 is 0 Å². The van der Waals surface area contributed by atoms with Gasteiger partial charge in [-0.15, -0.1) is 0 Å². The van der Waals surface area contributed by atoms with Crippen LogP contribution in [0.3, 0.4) is 0 Å². The Kier molecular flexibility index (Phi) is 8.04. The van der Waals surface area contributed by atoms with Crippen LogP contribution in [0.2, 0.25) is 0 Å². The molecule has 0 aliphatic heterocycles. The van der Waals surface area contributed by atoms with E-state index in [9.17, 15) is 0 Å². The highest BCUT2D eigenvalue weighted by atomic mass is 15.1. The monoisotopic (exact) mass is 228 g/mol. The third kappa shape index (κ3) is 9.17. The highest BCUT2D eigenvalue weighted by molar-refractivity contribution is 4.72. The summed E-state index contributed by atoms with van der Waals surface area (Å²) in [6.45, 7) is 14.8. The summed E-state index contributed by atoms with van der Waals surface area (Å²) >= 11 is 0. The van der Waals surface area contributed by atoms with E-state index in [1.165, 1.54) is 19.4 Å². The van der Waals surface area contributed by atoms with Crippen molar-refractivity contribution in [1.29, 1.82) is 0 Å². The van der Waals surface area contributed by atoms with E-state index in [0.717, 1.165) is 25.9 Å². The maximum Gasteiger partial charge on any atom is 0.00559 e. The lowest BCUT2D eigenvalue weighted by molar-refractivity contribution is 0.253. The molecule has 0 aliphatic carbocycles. The van der Waals surface area contributed by atoms with Gasteiger partial charge in [0.2, 0.25) is 0 Å². The Morgan fingerprint density at radius 3 is 2.19 bits per heavy atom. The first-order valence-electron chi connectivity index (χ1n) is 6.87. The standard InChI is InChI=1S/C14H32N2/c1-6-8-10-16(7-2)11-9-13(15)12-14(3,4)5/h13H,6-12,15H2,1-5H3. The lowest BCUT2D eigenvalue weighted by Gasteiger charge is -2.26. The van der Waals surface area contributed by atoms with Gasteiger partial charge in [-0.1, -0.05) is 41.0 Å². The van der Waals surface area contributed by atoms with Crippen molar-refractivity contribution in [2.75, 3.05) is 19.6 Å². The number of unbranched alkanes of at least 4 members (excludes halogenated alkanes) is 1. The van der Waals surface area contributed by atoms with E-state index in [1.54, 1.807) is 0 Å². The number of nitrogens with two attached hydrogens (primary N) is 1. The molecule has 98 valence electrons. The first-order valence-corrected chi connectivity index (χ1v) is 6.87. The normalized spacial score (nSPS) is 14.4. The molecule has 0 saturated heterocycles. The van der Waals surface area contributed by atoms with Crippen molar-refractivity contribution in [3.8, 4) is 0 Å². The topological polar surface area (TPSA) is 29.3 Å². The van der Waals surface area contributed by atoms with Gasteiger partial charge in [0.05, 0.1) is 0 Å². The van der Waals surface area contributed by atoms with E-state index < -0.39 is 0 Å². The average Bonchev–Trinajstić information content (AvgIpc) is 2.15. The van der Waals surface area contributed by atoms with Crippen LogP contribution in [0.4, 0.5) is 0 Å². The molecule has 0 amide bonds. The minimum atomic E-state index is 0.357. The fourth-order valence-electron chi connectivity index (χ4n) is 2.05. The van der Waals surface area contributed by atoms with Gasteiger partial charge in [-0.25, -0.2) is 0 Å². The van der Waals surface area contributed by atoms with E-state index >= 15 is 0 Å². The highest BCUT2D eigenvalue weighted by Crippen LogP contribution is 2.21. The summed E-state index contributed by atoms with van der Waals surface area (Å²) in [5.74, 6) is 0. The predicted molar refractivity (Wildman–Crippen MR) is 73.7 cm³/mol. The molecule has 1 atom stereocenters. The zero-order valence-electron chi connectivity index (χ0n) is 12.1. The number of rotatable bonds is 8. The molecule has 2 N–H and O–H groups in total. The van der Waals surface area contributed by atoms with Gasteiger partial charge in [0.1, 0.15) is 0 Å². The van der Waals surface area contributed by atoms with Crippen LogP contribution in [0.15, 0.2) is 0 Å². The maximum absolute atomic E-state index is 6.16. The van der Waals surface area contributed by atoms with Crippen LogP contribution in [-0.2, 0) is 0 Å². The third-order valence-electron chi connectivity index (χ3n) is 2.97. The van der Waals surface area contributed by atoms with Gasteiger partial charge >= 0.3 is 0 Å². The minimum absolute atomic E-state index is 0.357. The molecule has 0 rings (SSSR count). The number of nitrogens with zero attached hydrogens (tertiary/aromatic N) is 1. The predicted octanol–water partition coefficient (Wildman–Crippen LogP) is 3.26. The molecule has 0 aromatic rings. The van der Waals surface area contributed by atoms with Crippen molar-refractivity contribution in [3.63, 3.8) is 0 Å².